The molecule has 0 bridgehead atoms. The lowest BCUT2D eigenvalue weighted by Gasteiger charge is -2.26. The van der Waals surface area contributed by atoms with Crippen molar-refractivity contribution < 1.29 is 0 Å². The van der Waals surface area contributed by atoms with E-state index in [9.17, 15) is 0 Å². The number of H-pyrrole nitrogens is 1. The summed E-state index contributed by atoms with van der Waals surface area (Å²) < 4.78 is 0. The van der Waals surface area contributed by atoms with E-state index >= 15 is 0 Å². The van der Waals surface area contributed by atoms with Crippen molar-refractivity contribution in [2.45, 2.75) is 39.0 Å². The molecule has 1 saturated carbocycles. The zero-order chi connectivity index (χ0) is 15.5. The van der Waals surface area contributed by atoms with Gasteiger partial charge in [-0.25, -0.2) is 0 Å². The minimum absolute atomic E-state index is 0.628. The summed E-state index contributed by atoms with van der Waals surface area (Å²) in [5.74, 6) is 1.37. The topological polar surface area (TPSA) is 42.8 Å². The normalized spacial score (nSPS) is 21.5. The molecule has 0 aliphatic heterocycles. The van der Waals surface area contributed by atoms with Crippen molar-refractivity contribution in [2.75, 3.05) is 19.6 Å². The lowest BCUT2D eigenvalue weighted by Crippen LogP contribution is -2.30. The van der Waals surface area contributed by atoms with Crippen LogP contribution in [0, 0.1) is 17.2 Å². The average Bonchev–Trinajstić information content (AvgIpc) is 3.17. The average molecular weight is 295 g/mol. The Labute approximate surface area is 132 Å². The summed E-state index contributed by atoms with van der Waals surface area (Å²) in [6, 6.07) is 8.24. The molecule has 1 heterocycles. The Hall–Kier alpha value is -1.79. The monoisotopic (exact) mass is 295 g/mol. The van der Waals surface area contributed by atoms with Crippen molar-refractivity contribution in [1.29, 1.82) is 5.26 Å². The Balaban J connectivity index is 1.90. The van der Waals surface area contributed by atoms with Gasteiger partial charge in [-0.3, -0.25) is 0 Å². The first-order valence-electron chi connectivity index (χ1n) is 8.50. The third kappa shape index (κ3) is 2.76. The number of nitrogens with one attached hydrogen (secondary N) is 1. The van der Waals surface area contributed by atoms with E-state index in [0.717, 1.165) is 30.1 Å². The predicted octanol–water partition coefficient (Wildman–Crippen LogP) is 4.27. The number of hydrogen-bond acceptors (Lipinski definition) is 2. The first-order chi connectivity index (χ1) is 10.8. The Kier molecular flexibility index (Phi) is 4.49. The molecule has 3 heteroatoms. The Morgan fingerprint density at radius 3 is 2.82 bits per heavy atom. The van der Waals surface area contributed by atoms with Crippen molar-refractivity contribution >= 4 is 10.9 Å². The van der Waals surface area contributed by atoms with Gasteiger partial charge in [0.05, 0.1) is 11.6 Å². The number of rotatable bonds is 5. The summed E-state index contributed by atoms with van der Waals surface area (Å²) in [4.78, 5) is 5.94. The summed E-state index contributed by atoms with van der Waals surface area (Å²) in [5.41, 5.74) is 3.33. The summed E-state index contributed by atoms with van der Waals surface area (Å²) in [7, 11) is 0. The molecule has 2 atom stereocenters. The van der Waals surface area contributed by atoms with Gasteiger partial charge in [-0.05, 0) is 61.5 Å². The summed E-state index contributed by atoms with van der Waals surface area (Å²) >= 11 is 0. The number of benzene rings is 1. The molecule has 22 heavy (non-hydrogen) atoms. The van der Waals surface area contributed by atoms with Crippen LogP contribution >= 0.6 is 0 Å². The zero-order valence-corrected chi connectivity index (χ0v) is 13.6. The maximum Gasteiger partial charge on any atom is 0.0991 e. The molecule has 2 aromatic rings. The Morgan fingerprint density at radius 2 is 2.09 bits per heavy atom. The summed E-state index contributed by atoms with van der Waals surface area (Å²) in [6.45, 7) is 7.96. The van der Waals surface area contributed by atoms with Gasteiger partial charge in [0.25, 0.3) is 0 Å². The highest BCUT2D eigenvalue weighted by Crippen LogP contribution is 2.42. The number of nitrogens with zero attached hydrogens (tertiary/aromatic N) is 2. The lowest BCUT2D eigenvalue weighted by atomic mass is 9.88. The molecule has 0 saturated heterocycles. The van der Waals surface area contributed by atoms with E-state index in [2.05, 4.69) is 36.0 Å². The van der Waals surface area contributed by atoms with Gasteiger partial charge in [-0.15, -0.1) is 0 Å². The maximum absolute atomic E-state index is 9.16. The van der Waals surface area contributed by atoms with E-state index in [1.54, 1.807) is 0 Å². The molecular formula is C19H25N3. The van der Waals surface area contributed by atoms with E-state index < -0.39 is 0 Å². The van der Waals surface area contributed by atoms with Crippen molar-refractivity contribution in [3.05, 3.63) is 35.5 Å². The first kappa shape index (κ1) is 15.1. The third-order valence-corrected chi connectivity index (χ3v) is 5.29. The number of aromatic amines is 1. The molecule has 3 rings (SSSR count). The SMILES string of the molecule is CCN(CC)C[C@H]1CCCC1c1c[nH]c2ccc(C#N)cc12. The first-order valence-corrected chi connectivity index (χ1v) is 8.50. The maximum atomic E-state index is 9.16. The van der Waals surface area contributed by atoms with Crippen molar-refractivity contribution in [2.24, 2.45) is 5.92 Å². The van der Waals surface area contributed by atoms with E-state index in [-0.39, 0.29) is 0 Å². The van der Waals surface area contributed by atoms with Gasteiger partial charge in [0.2, 0.25) is 0 Å². The smallest absolute Gasteiger partial charge is 0.0991 e. The highest BCUT2D eigenvalue weighted by Gasteiger charge is 2.31. The predicted molar refractivity (Wildman–Crippen MR) is 90.9 cm³/mol. The molecule has 1 aliphatic rings. The van der Waals surface area contributed by atoms with E-state index in [1.165, 1.54) is 36.8 Å². The standard InChI is InChI=1S/C19H25N3/c1-3-22(4-2)13-15-6-5-7-16(15)18-12-21-19-9-8-14(11-20)10-17(18)19/h8-10,12,15-16,21H,3-7,13H2,1-2H3/t15-,16?/m1/s1. The van der Waals surface area contributed by atoms with Gasteiger partial charge in [0.15, 0.2) is 0 Å². The van der Waals surface area contributed by atoms with Gasteiger partial charge < -0.3 is 9.88 Å². The van der Waals surface area contributed by atoms with Crippen LogP contribution < -0.4 is 0 Å². The molecule has 0 amide bonds. The fraction of sp³-hybridized carbons (Fsp3) is 0.526. The largest absolute Gasteiger partial charge is 0.361 e. The van der Waals surface area contributed by atoms with Crippen LogP contribution in [-0.2, 0) is 0 Å². The van der Waals surface area contributed by atoms with Crippen molar-refractivity contribution in [1.82, 2.24) is 9.88 Å². The van der Waals surface area contributed by atoms with E-state index in [0.29, 0.717) is 5.92 Å². The van der Waals surface area contributed by atoms with Crippen LogP contribution in [0.25, 0.3) is 10.9 Å². The second-order valence-electron chi connectivity index (χ2n) is 6.40. The Morgan fingerprint density at radius 1 is 1.27 bits per heavy atom. The van der Waals surface area contributed by atoms with Gasteiger partial charge in [0.1, 0.15) is 0 Å². The third-order valence-electron chi connectivity index (χ3n) is 5.29. The molecule has 1 aliphatic carbocycles. The Bertz CT molecular complexity index is 676. The van der Waals surface area contributed by atoms with Gasteiger partial charge in [-0.1, -0.05) is 20.3 Å². The van der Waals surface area contributed by atoms with Crippen molar-refractivity contribution in [3.8, 4) is 6.07 Å². The molecule has 0 spiro atoms. The highest BCUT2D eigenvalue weighted by molar-refractivity contribution is 5.85. The molecule has 1 unspecified atom stereocenters. The number of hydrogen-bond donors (Lipinski definition) is 1. The fourth-order valence-electron chi connectivity index (χ4n) is 4.00. The summed E-state index contributed by atoms with van der Waals surface area (Å²) in [6.07, 6.45) is 6.10. The van der Waals surface area contributed by atoms with Crippen LogP contribution in [0.15, 0.2) is 24.4 Å². The van der Waals surface area contributed by atoms with Gasteiger partial charge in [0, 0.05) is 23.6 Å². The van der Waals surface area contributed by atoms with Gasteiger partial charge in [-0.2, -0.15) is 5.26 Å². The second kappa shape index (κ2) is 6.54. The lowest BCUT2D eigenvalue weighted by molar-refractivity contribution is 0.243. The van der Waals surface area contributed by atoms with E-state index in [1.807, 2.05) is 18.2 Å². The molecular weight excluding hydrogens is 270 g/mol. The van der Waals surface area contributed by atoms with Crippen LogP contribution in [-0.4, -0.2) is 29.5 Å². The molecule has 3 nitrogen and oxygen atoms in total. The minimum Gasteiger partial charge on any atom is -0.361 e. The summed E-state index contributed by atoms with van der Waals surface area (Å²) in [5, 5.41) is 10.4. The number of nitriles is 1. The van der Waals surface area contributed by atoms with Gasteiger partial charge >= 0.3 is 0 Å². The molecule has 1 N–H and O–H groups in total. The second-order valence-corrected chi connectivity index (χ2v) is 6.40. The molecule has 0 radical (unpaired) electrons. The molecule has 116 valence electrons. The molecule has 1 aromatic heterocycles. The molecule has 1 aromatic carbocycles. The fourth-order valence-corrected chi connectivity index (χ4v) is 4.00. The van der Waals surface area contributed by atoms with Crippen molar-refractivity contribution in [3.63, 3.8) is 0 Å². The zero-order valence-electron chi connectivity index (χ0n) is 13.6. The van der Waals surface area contributed by atoms with Crippen LogP contribution in [0.4, 0.5) is 0 Å². The van der Waals surface area contributed by atoms with E-state index in [4.69, 9.17) is 5.26 Å². The number of aromatic nitrogens is 1. The highest BCUT2D eigenvalue weighted by atomic mass is 15.1. The van der Waals surface area contributed by atoms with Crippen LogP contribution in [0.1, 0.15) is 50.2 Å². The quantitative estimate of drug-likeness (QED) is 0.895. The van der Waals surface area contributed by atoms with Crippen LogP contribution in [0.2, 0.25) is 0 Å². The molecule has 1 fully saturated rings. The van der Waals surface area contributed by atoms with Crippen LogP contribution in [0.3, 0.4) is 0 Å². The minimum atomic E-state index is 0.628. The van der Waals surface area contributed by atoms with Crippen LogP contribution in [0.5, 0.6) is 0 Å². The number of fused-ring (bicyclic) bond motifs is 1.